The maximum absolute atomic E-state index is 4.41. The van der Waals surface area contributed by atoms with Crippen LogP contribution >= 0.6 is 0 Å². The van der Waals surface area contributed by atoms with Crippen LogP contribution in [0.4, 0.5) is 0 Å². The van der Waals surface area contributed by atoms with E-state index in [1.54, 1.807) is 0 Å². The number of nitrogens with zero attached hydrogens (tertiary/aromatic N) is 3. The van der Waals surface area contributed by atoms with E-state index in [2.05, 4.69) is 44.6 Å². The van der Waals surface area contributed by atoms with E-state index in [1.165, 1.54) is 17.7 Å². The lowest BCUT2D eigenvalue weighted by atomic mass is 9.91. The molecule has 2 aromatic rings. The molecule has 0 radical (unpaired) electrons. The Kier molecular flexibility index (Phi) is 2.23. The van der Waals surface area contributed by atoms with Crippen LogP contribution in [0, 0.1) is 5.92 Å². The maximum atomic E-state index is 4.41. The Morgan fingerprint density at radius 2 is 2.06 bits per heavy atom. The Morgan fingerprint density at radius 3 is 2.94 bits per heavy atom. The first kappa shape index (κ1) is 10.3. The molecule has 0 bridgehead atoms. The van der Waals surface area contributed by atoms with Gasteiger partial charge in [0.25, 0.3) is 0 Å². The molecule has 0 spiro atoms. The van der Waals surface area contributed by atoms with E-state index in [9.17, 15) is 0 Å². The van der Waals surface area contributed by atoms with Crippen molar-refractivity contribution < 1.29 is 0 Å². The van der Waals surface area contributed by atoms with Crippen LogP contribution in [-0.4, -0.2) is 28.1 Å². The molecular weight excluding hydrogens is 224 g/mol. The fourth-order valence-electron chi connectivity index (χ4n) is 3.25. The zero-order valence-electron chi connectivity index (χ0n) is 10.2. The second-order valence-electron chi connectivity index (χ2n) is 5.22. The van der Waals surface area contributed by atoms with Gasteiger partial charge in [-0.25, -0.2) is 4.68 Å². The third-order valence-electron chi connectivity index (χ3n) is 4.21. The van der Waals surface area contributed by atoms with Gasteiger partial charge < -0.3 is 5.32 Å². The van der Waals surface area contributed by atoms with Gasteiger partial charge in [-0.2, -0.15) is 0 Å². The van der Waals surface area contributed by atoms with Crippen molar-refractivity contribution in [2.75, 3.05) is 13.1 Å². The van der Waals surface area contributed by atoms with Crippen LogP contribution in [0.3, 0.4) is 0 Å². The highest BCUT2D eigenvalue weighted by Gasteiger charge is 2.35. The number of hydrogen-bond acceptors (Lipinski definition) is 3. The fourth-order valence-corrected chi connectivity index (χ4v) is 3.25. The van der Waals surface area contributed by atoms with E-state index in [0.717, 1.165) is 31.1 Å². The third-order valence-corrected chi connectivity index (χ3v) is 4.21. The van der Waals surface area contributed by atoms with Gasteiger partial charge in [0.15, 0.2) is 0 Å². The summed E-state index contributed by atoms with van der Waals surface area (Å²) >= 11 is 0. The van der Waals surface area contributed by atoms with Gasteiger partial charge in [-0.3, -0.25) is 0 Å². The van der Waals surface area contributed by atoms with Crippen molar-refractivity contribution in [3.05, 3.63) is 36.0 Å². The molecular formula is C14H16N4. The topological polar surface area (TPSA) is 42.7 Å². The van der Waals surface area contributed by atoms with Crippen molar-refractivity contribution in [2.24, 2.45) is 5.92 Å². The van der Waals surface area contributed by atoms with Gasteiger partial charge in [-0.05, 0) is 18.8 Å². The minimum atomic E-state index is 0.513. The van der Waals surface area contributed by atoms with Gasteiger partial charge >= 0.3 is 0 Å². The Labute approximate surface area is 106 Å². The van der Waals surface area contributed by atoms with Gasteiger partial charge in [0.1, 0.15) is 5.69 Å². The summed E-state index contributed by atoms with van der Waals surface area (Å²) in [5.41, 5.74) is 3.57. The van der Waals surface area contributed by atoms with Gasteiger partial charge in [-0.1, -0.05) is 35.5 Å². The van der Waals surface area contributed by atoms with Crippen molar-refractivity contribution >= 4 is 0 Å². The minimum absolute atomic E-state index is 0.513. The van der Waals surface area contributed by atoms with Gasteiger partial charge in [0, 0.05) is 18.7 Å². The van der Waals surface area contributed by atoms with E-state index in [-0.39, 0.29) is 0 Å². The molecule has 0 aliphatic carbocycles. The zero-order chi connectivity index (χ0) is 11.9. The summed E-state index contributed by atoms with van der Waals surface area (Å²) in [4.78, 5) is 0. The molecule has 1 unspecified atom stereocenters. The predicted molar refractivity (Wildman–Crippen MR) is 69.2 cm³/mol. The summed E-state index contributed by atoms with van der Waals surface area (Å²) in [6.45, 7) is 2.17. The first-order chi connectivity index (χ1) is 8.93. The Bertz CT molecular complexity index is 560. The largest absolute Gasteiger partial charge is 0.314 e. The molecule has 3 heterocycles. The molecule has 18 heavy (non-hydrogen) atoms. The highest BCUT2D eigenvalue weighted by atomic mass is 15.5. The molecule has 2 aliphatic heterocycles. The number of rotatable bonds is 1. The second kappa shape index (κ2) is 3.92. The van der Waals surface area contributed by atoms with Crippen LogP contribution < -0.4 is 5.32 Å². The van der Waals surface area contributed by atoms with Crippen LogP contribution in [0.2, 0.25) is 0 Å². The van der Waals surface area contributed by atoms with Crippen LogP contribution in [0.1, 0.15) is 18.2 Å². The van der Waals surface area contributed by atoms with Crippen LogP contribution in [0.15, 0.2) is 30.3 Å². The molecule has 1 N–H and O–H groups in total. The zero-order valence-corrected chi connectivity index (χ0v) is 10.2. The molecule has 4 nitrogen and oxygen atoms in total. The normalized spacial score (nSPS) is 25.8. The average Bonchev–Trinajstić information content (AvgIpc) is 3.05. The summed E-state index contributed by atoms with van der Waals surface area (Å²) in [5.74, 6) is 0.739. The van der Waals surface area contributed by atoms with Crippen LogP contribution in [0.25, 0.3) is 11.3 Å². The van der Waals surface area contributed by atoms with Crippen molar-refractivity contribution in [2.45, 2.75) is 18.9 Å². The van der Waals surface area contributed by atoms with Crippen molar-refractivity contribution in [3.63, 3.8) is 0 Å². The van der Waals surface area contributed by atoms with E-state index in [0.29, 0.717) is 6.04 Å². The summed E-state index contributed by atoms with van der Waals surface area (Å²) in [7, 11) is 0. The summed E-state index contributed by atoms with van der Waals surface area (Å²) in [5, 5.41) is 12.3. The molecule has 4 heteroatoms. The third kappa shape index (κ3) is 1.42. The molecule has 1 fully saturated rings. The first-order valence-corrected chi connectivity index (χ1v) is 6.63. The Balaban J connectivity index is 1.80. The molecule has 4 rings (SSSR count). The van der Waals surface area contributed by atoms with Crippen molar-refractivity contribution in [1.29, 1.82) is 0 Å². The molecule has 1 aromatic heterocycles. The summed E-state index contributed by atoms with van der Waals surface area (Å²) in [6.07, 6.45) is 2.35. The van der Waals surface area contributed by atoms with E-state index < -0.39 is 0 Å². The van der Waals surface area contributed by atoms with Crippen LogP contribution in [-0.2, 0) is 6.42 Å². The SMILES string of the molecule is c1ccc(-c2nnn3c2CCC2CNC[C@H]23)cc1. The molecule has 2 atom stereocenters. The molecule has 2 aliphatic rings. The van der Waals surface area contributed by atoms with Crippen LogP contribution in [0.5, 0.6) is 0 Å². The van der Waals surface area contributed by atoms with Gasteiger partial charge in [-0.15, -0.1) is 5.10 Å². The number of aromatic nitrogens is 3. The maximum Gasteiger partial charge on any atom is 0.116 e. The fraction of sp³-hybridized carbons (Fsp3) is 0.429. The van der Waals surface area contributed by atoms with Gasteiger partial charge in [0.05, 0.1) is 11.7 Å². The highest BCUT2D eigenvalue weighted by Crippen LogP contribution is 2.35. The van der Waals surface area contributed by atoms with Gasteiger partial charge in [0.2, 0.25) is 0 Å². The molecule has 0 amide bonds. The number of hydrogen-bond donors (Lipinski definition) is 1. The van der Waals surface area contributed by atoms with E-state index in [4.69, 9.17) is 0 Å². The highest BCUT2D eigenvalue weighted by molar-refractivity contribution is 5.61. The standard InChI is InChI=1S/C14H16N4/c1-2-4-10(5-3-1)14-12-7-6-11-8-15-9-13(11)18(12)17-16-14/h1-5,11,13,15H,6-9H2/t11?,13-/m1/s1. The number of benzene rings is 1. The Hall–Kier alpha value is -1.68. The minimum Gasteiger partial charge on any atom is -0.314 e. The second-order valence-corrected chi connectivity index (χ2v) is 5.22. The smallest absolute Gasteiger partial charge is 0.116 e. The average molecular weight is 240 g/mol. The van der Waals surface area contributed by atoms with E-state index in [1.807, 2.05) is 6.07 Å². The molecule has 1 saturated heterocycles. The number of fused-ring (bicyclic) bond motifs is 3. The molecule has 1 aromatic carbocycles. The number of nitrogens with one attached hydrogen (secondary N) is 1. The predicted octanol–water partition coefficient (Wildman–Crippen LogP) is 1.65. The lowest BCUT2D eigenvalue weighted by Gasteiger charge is -2.25. The van der Waals surface area contributed by atoms with E-state index >= 15 is 0 Å². The lowest BCUT2D eigenvalue weighted by molar-refractivity contribution is 0.309. The first-order valence-electron chi connectivity index (χ1n) is 6.63. The lowest BCUT2D eigenvalue weighted by Crippen LogP contribution is -2.26. The van der Waals surface area contributed by atoms with Crippen molar-refractivity contribution in [3.8, 4) is 11.3 Å². The monoisotopic (exact) mass is 240 g/mol. The molecule has 92 valence electrons. The summed E-state index contributed by atoms with van der Waals surface area (Å²) < 4.78 is 2.16. The Morgan fingerprint density at radius 1 is 1.17 bits per heavy atom. The summed E-state index contributed by atoms with van der Waals surface area (Å²) in [6, 6.07) is 10.9. The quantitative estimate of drug-likeness (QED) is 0.824. The molecule has 0 saturated carbocycles. The van der Waals surface area contributed by atoms with Crippen molar-refractivity contribution in [1.82, 2.24) is 20.3 Å².